The van der Waals surface area contributed by atoms with Crippen molar-refractivity contribution in [3.63, 3.8) is 0 Å². The van der Waals surface area contributed by atoms with Crippen molar-refractivity contribution < 1.29 is 14.4 Å². The number of benzene rings is 2. The van der Waals surface area contributed by atoms with Gasteiger partial charge >= 0.3 is 0 Å². The second kappa shape index (κ2) is 15.1. The maximum absolute atomic E-state index is 12.6. The molecule has 1 fully saturated rings. The predicted molar refractivity (Wildman–Crippen MR) is 166 cm³/mol. The van der Waals surface area contributed by atoms with Crippen LogP contribution in [0, 0.1) is 0 Å². The van der Waals surface area contributed by atoms with E-state index in [4.69, 9.17) is 0 Å². The van der Waals surface area contributed by atoms with Gasteiger partial charge in [-0.2, -0.15) is 5.10 Å². The van der Waals surface area contributed by atoms with E-state index in [0.29, 0.717) is 17.4 Å². The van der Waals surface area contributed by atoms with Gasteiger partial charge in [0.25, 0.3) is 0 Å². The molecule has 4 aromatic rings. The zero-order chi connectivity index (χ0) is 29.9. The Balaban J connectivity index is 0.998. The van der Waals surface area contributed by atoms with Crippen LogP contribution in [-0.4, -0.2) is 56.1 Å². The standard InChI is InChI=1S/C32H35N7O3S/c40-28(20-23-9-2-1-3-10-23)33-27-16-15-26(35-36-27)13-4-5-14-30-37-38-32(43-30)34-29(41)21-24-11-8-12-25(19-24)22-31(42)39-17-6-7-18-39/h1-3,8-12,15-16,19H,4-7,13-14,17-18,20-22H2,(H,33,36,40)(H,34,38,41). The summed E-state index contributed by atoms with van der Waals surface area (Å²) in [7, 11) is 0. The molecule has 222 valence electrons. The number of anilines is 2. The topological polar surface area (TPSA) is 130 Å². The van der Waals surface area contributed by atoms with E-state index < -0.39 is 0 Å². The molecule has 3 heterocycles. The van der Waals surface area contributed by atoms with E-state index in [1.54, 1.807) is 6.07 Å². The third-order valence-electron chi connectivity index (χ3n) is 7.15. The molecule has 1 aliphatic heterocycles. The van der Waals surface area contributed by atoms with Gasteiger partial charge < -0.3 is 15.5 Å². The predicted octanol–water partition coefficient (Wildman–Crippen LogP) is 4.42. The van der Waals surface area contributed by atoms with Crippen LogP contribution < -0.4 is 10.6 Å². The summed E-state index contributed by atoms with van der Waals surface area (Å²) in [5.41, 5.74) is 3.58. The highest BCUT2D eigenvalue weighted by Gasteiger charge is 2.18. The summed E-state index contributed by atoms with van der Waals surface area (Å²) in [6.45, 7) is 1.68. The Kier molecular flexibility index (Phi) is 10.5. The number of nitrogens with one attached hydrogen (secondary N) is 2. The molecule has 1 saturated heterocycles. The van der Waals surface area contributed by atoms with Crippen molar-refractivity contribution in [2.24, 2.45) is 0 Å². The van der Waals surface area contributed by atoms with Crippen molar-refractivity contribution in [1.29, 1.82) is 0 Å². The van der Waals surface area contributed by atoms with Gasteiger partial charge in [-0.05, 0) is 60.9 Å². The normalized spacial score (nSPS) is 12.7. The van der Waals surface area contributed by atoms with Gasteiger partial charge in [0.2, 0.25) is 22.9 Å². The zero-order valence-corrected chi connectivity index (χ0v) is 24.8. The van der Waals surface area contributed by atoms with Crippen LogP contribution in [0.1, 0.15) is 53.1 Å². The highest BCUT2D eigenvalue weighted by atomic mass is 32.1. The van der Waals surface area contributed by atoms with Gasteiger partial charge in [0.05, 0.1) is 25.0 Å². The number of carbonyl (C=O) groups excluding carboxylic acids is 3. The fraction of sp³-hybridized carbons (Fsp3) is 0.344. The van der Waals surface area contributed by atoms with Crippen LogP contribution in [0.3, 0.4) is 0 Å². The van der Waals surface area contributed by atoms with E-state index in [9.17, 15) is 14.4 Å². The molecule has 2 aromatic heterocycles. The summed E-state index contributed by atoms with van der Waals surface area (Å²) in [4.78, 5) is 39.2. The number of carbonyl (C=O) groups is 3. The first-order valence-corrected chi connectivity index (χ1v) is 15.5. The van der Waals surface area contributed by atoms with Gasteiger partial charge in [0.1, 0.15) is 5.01 Å². The Bertz CT molecular complexity index is 1520. The molecule has 0 bridgehead atoms. The van der Waals surface area contributed by atoms with Gasteiger partial charge in [0.15, 0.2) is 5.82 Å². The van der Waals surface area contributed by atoms with E-state index >= 15 is 0 Å². The first-order valence-electron chi connectivity index (χ1n) is 14.6. The number of hydrogen-bond donors (Lipinski definition) is 2. The molecule has 5 rings (SSSR count). The monoisotopic (exact) mass is 597 g/mol. The molecule has 0 spiro atoms. The highest BCUT2D eigenvalue weighted by Crippen LogP contribution is 2.19. The Morgan fingerprint density at radius 2 is 1.40 bits per heavy atom. The van der Waals surface area contributed by atoms with E-state index in [1.807, 2.05) is 65.6 Å². The number of hydrogen-bond acceptors (Lipinski definition) is 8. The van der Waals surface area contributed by atoms with E-state index in [2.05, 4.69) is 31.0 Å². The fourth-order valence-corrected chi connectivity index (χ4v) is 5.76. The second-order valence-electron chi connectivity index (χ2n) is 10.6. The Hall–Kier alpha value is -4.51. The summed E-state index contributed by atoms with van der Waals surface area (Å²) >= 11 is 1.38. The molecule has 43 heavy (non-hydrogen) atoms. The number of aryl methyl sites for hydroxylation is 2. The first kappa shape index (κ1) is 30.0. The second-order valence-corrected chi connectivity index (χ2v) is 11.7. The van der Waals surface area contributed by atoms with Gasteiger partial charge in [0, 0.05) is 19.5 Å². The van der Waals surface area contributed by atoms with Crippen LogP contribution in [-0.2, 0) is 46.5 Å². The van der Waals surface area contributed by atoms with Crippen LogP contribution in [0.25, 0.3) is 0 Å². The molecular weight excluding hydrogens is 562 g/mol. The number of aromatic nitrogens is 4. The number of unbranched alkanes of at least 4 members (excludes halogenated alkanes) is 1. The molecule has 0 unspecified atom stereocenters. The van der Waals surface area contributed by atoms with Crippen LogP contribution in [0.4, 0.5) is 10.9 Å². The largest absolute Gasteiger partial charge is 0.342 e. The summed E-state index contributed by atoms with van der Waals surface area (Å²) < 4.78 is 0. The molecule has 11 heteroatoms. The smallest absolute Gasteiger partial charge is 0.230 e. The first-order chi connectivity index (χ1) is 21.0. The summed E-state index contributed by atoms with van der Waals surface area (Å²) in [5.74, 6) is 0.292. The van der Waals surface area contributed by atoms with Crippen molar-refractivity contribution in [3.8, 4) is 0 Å². The molecule has 10 nitrogen and oxygen atoms in total. The molecule has 2 aromatic carbocycles. The minimum atomic E-state index is -0.163. The highest BCUT2D eigenvalue weighted by molar-refractivity contribution is 7.15. The maximum Gasteiger partial charge on any atom is 0.230 e. The number of nitrogens with zero attached hydrogens (tertiary/aromatic N) is 5. The lowest BCUT2D eigenvalue weighted by Crippen LogP contribution is -2.29. The van der Waals surface area contributed by atoms with Crippen LogP contribution in [0.15, 0.2) is 66.7 Å². The van der Waals surface area contributed by atoms with Gasteiger partial charge in [-0.3, -0.25) is 14.4 Å². The lowest BCUT2D eigenvalue weighted by Gasteiger charge is -2.15. The number of amides is 3. The van der Waals surface area contributed by atoms with Crippen molar-refractivity contribution in [2.75, 3.05) is 23.7 Å². The van der Waals surface area contributed by atoms with Crippen molar-refractivity contribution in [1.82, 2.24) is 25.3 Å². The SMILES string of the molecule is O=C(Cc1ccccc1)Nc1ccc(CCCCc2nnc(NC(=O)Cc3cccc(CC(=O)N4CCCC4)c3)s2)nn1. The fourth-order valence-electron chi connectivity index (χ4n) is 4.97. The molecular formula is C32H35N7O3S. The minimum Gasteiger partial charge on any atom is -0.342 e. The van der Waals surface area contributed by atoms with Crippen molar-refractivity contribution in [3.05, 3.63) is 94.1 Å². The molecule has 0 radical (unpaired) electrons. The average molecular weight is 598 g/mol. The molecule has 0 saturated carbocycles. The maximum atomic E-state index is 12.6. The lowest BCUT2D eigenvalue weighted by molar-refractivity contribution is -0.129. The van der Waals surface area contributed by atoms with Crippen molar-refractivity contribution in [2.45, 2.75) is 57.8 Å². The summed E-state index contributed by atoms with van der Waals surface area (Å²) in [6, 6.07) is 20.9. The van der Waals surface area contributed by atoms with Crippen molar-refractivity contribution >= 4 is 40.0 Å². The summed E-state index contributed by atoms with van der Waals surface area (Å²) in [6.07, 6.45) is 6.30. The minimum absolute atomic E-state index is 0.129. The van der Waals surface area contributed by atoms with E-state index in [-0.39, 0.29) is 30.6 Å². The van der Waals surface area contributed by atoms with Gasteiger partial charge in [-0.1, -0.05) is 65.9 Å². The Morgan fingerprint density at radius 3 is 2.16 bits per heavy atom. The number of rotatable bonds is 13. The van der Waals surface area contributed by atoms with Crippen LogP contribution >= 0.6 is 11.3 Å². The van der Waals surface area contributed by atoms with Gasteiger partial charge in [-0.25, -0.2) is 0 Å². The Labute approximate surface area is 255 Å². The van der Waals surface area contributed by atoms with E-state index in [0.717, 1.165) is 79.0 Å². The zero-order valence-electron chi connectivity index (χ0n) is 24.0. The average Bonchev–Trinajstić information content (AvgIpc) is 3.70. The Morgan fingerprint density at radius 1 is 0.698 bits per heavy atom. The number of likely N-dealkylation sites (tertiary alicyclic amines) is 1. The van der Waals surface area contributed by atoms with Crippen LogP contribution in [0.2, 0.25) is 0 Å². The quantitative estimate of drug-likeness (QED) is 0.218. The third kappa shape index (κ3) is 9.50. The molecule has 0 aliphatic carbocycles. The molecule has 1 aliphatic rings. The lowest BCUT2D eigenvalue weighted by atomic mass is 10.1. The van der Waals surface area contributed by atoms with E-state index in [1.165, 1.54) is 11.3 Å². The third-order valence-corrected chi connectivity index (χ3v) is 8.05. The van der Waals surface area contributed by atoms with Crippen LogP contribution in [0.5, 0.6) is 0 Å². The molecule has 3 amide bonds. The summed E-state index contributed by atoms with van der Waals surface area (Å²) in [5, 5.41) is 23.7. The van der Waals surface area contributed by atoms with Gasteiger partial charge in [-0.15, -0.1) is 15.3 Å². The molecule has 0 atom stereocenters. The molecule has 2 N–H and O–H groups in total.